The third kappa shape index (κ3) is 5.95. The van der Waals surface area contributed by atoms with Crippen LogP contribution in [-0.4, -0.2) is 18.3 Å². The van der Waals surface area contributed by atoms with Crippen molar-refractivity contribution in [1.29, 1.82) is 0 Å². The van der Waals surface area contributed by atoms with Crippen LogP contribution in [0.5, 0.6) is 0 Å². The molecule has 0 N–H and O–H groups in total. The Labute approximate surface area is 316 Å². The van der Waals surface area contributed by atoms with Crippen molar-refractivity contribution in [2.24, 2.45) is 0 Å². The zero-order chi connectivity index (χ0) is 36.2. The van der Waals surface area contributed by atoms with Gasteiger partial charge in [0.1, 0.15) is 0 Å². The van der Waals surface area contributed by atoms with Crippen LogP contribution in [0, 0.1) is 0 Å². The lowest BCUT2D eigenvalue weighted by Crippen LogP contribution is -2.41. The topological polar surface area (TPSA) is 21.7 Å². The first-order chi connectivity index (χ1) is 25.8. The molecule has 0 unspecified atom stereocenters. The van der Waals surface area contributed by atoms with Crippen LogP contribution in [0.25, 0.3) is 53.6 Å². The van der Waals surface area contributed by atoms with Crippen LogP contribution in [-0.2, 0) is 9.31 Å². The maximum Gasteiger partial charge on any atom is 0.495 e. The summed E-state index contributed by atoms with van der Waals surface area (Å²) < 4.78 is 15.8. The summed E-state index contributed by atoms with van der Waals surface area (Å²) >= 11 is 1.86. The van der Waals surface area contributed by atoms with Crippen molar-refractivity contribution in [3.05, 3.63) is 170 Å². The van der Waals surface area contributed by atoms with Crippen molar-refractivity contribution in [2.45, 2.75) is 38.9 Å². The Balaban J connectivity index is 1.28. The molecular formula is C48H40BNO2S. The molecule has 0 saturated carbocycles. The highest BCUT2D eigenvalue weighted by Crippen LogP contribution is 2.48. The van der Waals surface area contributed by atoms with E-state index in [1.165, 1.54) is 42.4 Å². The van der Waals surface area contributed by atoms with Gasteiger partial charge in [-0.15, -0.1) is 11.3 Å². The van der Waals surface area contributed by atoms with Gasteiger partial charge in [0, 0.05) is 42.8 Å². The molecule has 0 spiro atoms. The summed E-state index contributed by atoms with van der Waals surface area (Å²) in [4.78, 5) is 2.39. The van der Waals surface area contributed by atoms with E-state index in [0.29, 0.717) is 0 Å². The summed E-state index contributed by atoms with van der Waals surface area (Å²) in [7, 11) is -0.481. The normalized spacial score (nSPS) is 14.9. The van der Waals surface area contributed by atoms with E-state index >= 15 is 0 Å². The molecule has 5 heteroatoms. The summed E-state index contributed by atoms with van der Waals surface area (Å²) in [6.07, 6.45) is 0. The molecule has 2 heterocycles. The van der Waals surface area contributed by atoms with Gasteiger partial charge in [0.2, 0.25) is 0 Å². The molecule has 1 fully saturated rings. The summed E-state index contributed by atoms with van der Waals surface area (Å²) in [6.45, 7) is 8.45. The Bertz CT molecular complexity index is 2580. The smallest absolute Gasteiger partial charge is 0.399 e. The van der Waals surface area contributed by atoms with Gasteiger partial charge in [0.25, 0.3) is 0 Å². The number of hydrogen-bond acceptors (Lipinski definition) is 4. The Kier molecular flexibility index (Phi) is 8.31. The lowest BCUT2D eigenvalue weighted by Gasteiger charge is -2.32. The summed E-state index contributed by atoms with van der Waals surface area (Å²) in [5.74, 6) is 0. The molecule has 53 heavy (non-hydrogen) atoms. The largest absolute Gasteiger partial charge is 0.495 e. The van der Waals surface area contributed by atoms with Gasteiger partial charge in [-0.1, -0.05) is 127 Å². The van der Waals surface area contributed by atoms with E-state index in [-0.39, 0.29) is 0 Å². The number of nitrogens with zero attached hydrogens (tertiary/aromatic N) is 1. The molecule has 258 valence electrons. The molecule has 0 aliphatic carbocycles. The molecule has 8 aromatic rings. The fourth-order valence-corrected chi connectivity index (χ4v) is 8.70. The van der Waals surface area contributed by atoms with Crippen LogP contribution in [0.1, 0.15) is 27.7 Å². The molecule has 1 aromatic heterocycles. The number of fused-ring (bicyclic) bond motifs is 3. The fourth-order valence-electron chi connectivity index (χ4n) is 7.49. The minimum Gasteiger partial charge on any atom is -0.399 e. The monoisotopic (exact) mass is 705 g/mol. The summed E-state index contributed by atoms with van der Waals surface area (Å²) in [5, 5.41) is 2.50. The number of para-hydroxylation sites is 1. The molecule has 0 amide bonds. The molecular weight excluding hydrogens is 665 g/mol. The van der Waals surface area contributed by atoms with Crippen molar-refractivity contribution in [1.82, 2.24) is 0 Å². The second-order valence-electron chi connectivity index (χ2n) is 14.8. The van der Waals surface area contributed by atoms with E-state index in [1.54, 1.807) is 0 Å². The summed E-state index contributed by atoms with van der Waals surface area (Å²) in [5.41, 5.74) is 10.4. The lowest BCUT2D eigenvalue weighted by molar-refractivity contribution is 0.00578. The highest BCUT2D eigenvalue weighted by Gasteiger charge is 2.52. The second kappa shape index (κ2) is 13.2. The van der Waals surface area contributed by atoms with Gasteiger partial charge < -0.3 is 14.2 Å². The maximum absolute atomic E-state index is 6.63. The van der Waals surface area contributed by atoms with E-state index in [0.717, 1.165) is 33.7 Å². The Morgan fingerprint density at radius 1 is 0.453 bits per heavy atom. The van der Waals surface area contributed by atoms with Gasteiger partial charge in [-0.05, 0) is 103 Å². The van der Waals surface area contributed by atoms with Crippen molar-refractivity contribution < 1.29 is 9.31 Å². The fraction of sp³-hybridized carbons (Fsp3) is 0.125. The molecule has 1 saturated heterocycles. The van der Waals surface area contributed by atoms with Gasteiger partial charge in [0.05, 0.1) is 11.2 Å². The number of benzene rings is 7. The van der Waals surface area contributed by atoms with Crippen LogP contribution in [0.3, 0.4) is 0 Å². The highest BCUT2D eigenvalue weighted by atomic mass is 32.1. The first-order valence-corrected chi connectivity index (χ1v) is 19.1. The molecule has 1 aliphatic heterocycles. The van der Waals surface area contributed by atoms with E-state index < -0.39 is 18.3 Å². The summed E-state index contributed by atoms with van der Waals surface area (Å²) in [6, 6.07) is 61.1. The third-order valence-corrected chi connectivity index (χ3v) is 12.1. The third-order valence-electron chi connectivity index (χ3n) is 10.9. The molecule has 0 radical (unpaired) electrons. The average Bonchev–Trinajstić information content (AvgIpc) is 3.67. The van der Waals surface area contributed by atoms with Crippen LogP contribution in [0.15, 0.2) is 170 Å². The lowest BCUT2D eigenvalue weighted by atomic mass is 9.73. The zero-order valence-corrected chi connectivity index (χ0v) is 31.2. The predicted octanol–water partition coefficient (Wildman–Crippen LogP) is 12.8. The highest BCUT2D eigenvalue weighted by molar-refractivity contribution is 7.26. The standard InChI is InChI=1S/C48H40BNO2S/c1-47(2)48(3,4)52-49(51-47)44-28-15-13-26-40(44)38-24-11-12-25-39(38)42-31-37(32-43-41-27-14-16-29-45(41)53-46(42)43)50(35-21-9-6-10-22-35)36-23-17-20-34(30-36)33-18-7-5-8-19-33/h5-32H,1-4H3. The van der Waals surface area contributed by atoms with E-state index in [2.05, 4.69) is 202 Å². The molecule has 3 nitrogen and oxygen atoms in total. The molecule has 0 atom stereocenters. The van der Waals surface area contributed by atoms with Gasteiger partial charge in [0.15, 0.2) is 0 Å². The maximum atomic E-state index is 6.63. The van der Waals surface area contributed by atoms with Crippen molar-refractivity contribution >= 4 is 61.2 Å². The molecule has 9 rings (SSSR count). The Morgan fingerprint density at radius 2 is 1.02 bits per heavy atom. The zero-order valence-electron chi connectivity index (χ0n) is 30.4. The van der Waals surface area contributed by atoms with E-state index in [9.17, 15) is 0 Å². The van der Waals surface area contributed by atoms with Crippen LogP contribution >= 0.6 is 11.3 Å². The number of anilines is 3. The molecule has 7 aromatic carbocycles. The first-order valence-electron chi connectivity index (χ1n) is 18.3. The van der Waals surface area contributed by atoms with Crippen LogP contribution in [0.4, 0.5) is 17.1 Å². The molecule has 1 aliphatic rings. The first kappa shape index (κ1) is 33.4. The van der Waals surface area contributed by atoms with E-state index in [1.807, 2.05) is 11.3 Å². The predicted molar refractivity (Wildman–Crippen MR) is 226 cm³/mol. The van der Waals surface area contributed by atoms with Crippen LogP contribution < -0.4 is 10.4 Å². The van der Waals surface area contributed by atoms with Gasteiger partial charge in [-0.3, -0.25) is 0 Å². The van der Waals surface area contributed by atoms with Crippen molar-refractivity contribution in [3.8, 4) is 33.4 Å². The van der Waals surface area contributed by atoms with Crippen LogP contribution in [0.2, 0.25) is 0 Å². The quantitative estimate of drug-likeness (QED) is 0.154. The van der Waals surface area contributed by atoms with E-state index in [4.69, 9.17) is 9.31 Å². The van der Waals surface area contributed by atoms with Gasteiger partial charge >= 0.3 is 7.12 Å². The van der Waals surface area contributed by atoms with Gasteiger partial charge in [-0.25, -0.2) is 0 Å². The second-order valence-corrected chi connectivity index (χ2v) is 15.8. The molecule has 0 bridgehead atoms. The van der Waals surface area contributed by atoms with Gasteiger partial charge in [-0.2, -0.15) is 0 Å². The Morgan fingerprint density at radius 3 is 1.75 bits per heavy atom. The van der Waals surface area contributed by atoms with Crippen molar-refractivity contribution in [3.63, 3.8) is 0 Å². The minimum atomic E-state index is -0.481. The van der Waals surface area contributed by atoms with Crippen molar-refractivity contribution in [2.75, 3.05) is 4.90 Å². The Hall–Kier alpha value is -5.46. The minimum absolute atomic E-state index is 0.444. The number of thiophene rings is 1. The number of hydrogen-bond donors (Lipinski definition) is 0. The SMILES string of the molecule is CC1(C)OB(c2ccccc2-c2ccccc2-c2cc(N(c3ccccc3)c3cccc(-c4ccccc4)c3)cc3c2sc2ccccc23)OC1(C)C. The number of rotatable bonds is 7. The average molecular weight is 706 g/mol.